The minimum atomic E-state index is -0.605. The largest absolute Gasteiger partial charge is 0.489 e. The van der Waals surface area contributed by atoms with E-state index in [2.05, 4.69) is 17.2 Å². The average Bonchev–Trinajstić information content (AvgIpc) is 2.41. The summed E-state index contributed by atoms with van der Waals surface area (Å²) in [6.45, 7) is 6.72. The Morgan fingerprint density at radius 2 is 2.17 bits per heavy atom. The van der Waals surface area contributed by atoms with Crippen LogP contribution < -0.4 is 10.1 Å². The maximum Gasteiger partial charge on any atom is 0.137 e. The van der Waals surface area contributed by atoms with E-state index in [1.807, 2.05) is 19.1 Å². The van der Waals surface area contributed by atoms with Gasteiger partial charge in [0.05, 0.1) is 18.5 Å². The number of rotatable bonds is 9. The molecule has 0 amide bonds. The molecular weight excluding hydrogens is 232 g/mol. The lowest BCUT2D eigenvalue weighted by Gasteiger charge is -2.12. The number of nitrogens with zero attached hydrogens (tertiary/aromatic N) is 1. The SMILES string of the molecule is CCNCc1ccc(OCC(O)COCC)cn1. The number of hydrogen-bond acceptors (Lipinski definition) is 5. The first-order valence-corrected chi connectivity index (χ1v) is 6.30. The molecule has 5 nitrogen and oxygen atoms in total. The fourth-order valence-corrected chi connectivity index (χ4v) is 1.35. The molecule has 1 rings (SSSR count). The van der Waals surface area contributed by atoms with Crippen LogP contribution in [0.15, 0.2) is 18.3 Å². The van der Waals surface area contributed by atoms with Crippen LogP contribution in [0.1, 0.15) is 19.5 Å². The van der Waals surface area contributed by atoms with Crippen molar-refractivity contribution in [2.45, 2.75) is 26.5 Å². The van der Waals surface area contributed by atoms with Gasteiger partial charge in [-0.2, -0.15) is 0 Å². The van der Waals surface area contributed by atoms with Crippen LogP contribution in [0.2, 0.25) is 0 Å². The molecule has 1 aromatic heterocycles. The number of aliphatic hydroxyl groups excluding tert-OH is 1. The second-order valence-electron chi connectivity index (χ2n) is 3.89. The monoisotopic (exact) mass is 254 g/mol. The lowest BCUT2D eigenvalue weighted by atomic mass is 10.3. The van der Waals surface area contributed by atoms with Gasteiger partial charge in [-0.15, -0.1) is 0 Å². The van der Waals surface area contributed by atoms with Crippen LogP contribution >= 0.6 is 0 Å². The minimum Gasteiger partial charge on any atom is -0.489 e. The van der Waals surface area contributed by atoms with E-state index in [0.29, 0.717) is 19.0 Å². The number of ether oxygens (including phenoxy) is 2. The third-order valence-corrected chi connectivity index (χ3v) is 2.31. The Morgan fingerprint density at radius 1 is 1.33 bits per heavy atom. The van der Waals surface area contributed by atoms with Gasteiger partial charge in [0.1, 0.15) is 18.5 Å². The molecule has 0 aromatic carbocycles. The smallest absolute Gasteiger partial charge is 0.137 e. The first-order valence-electron chi connectivity index (χ1n) is 6.30. The number of aromatic nitrogens is 1. The zero-order chi connectivity index (χ0) is 13.2. The Kier molecular flexibility index (Phi) is 7.32. The highest BCUT2D eigenvalue weighted by Gasteiger charge is 2.05. The van der Waals surface area contributed by atoms with Crippen LogP contribution in [0.4, 0.5) is 0 Å². The average molecular weight is 254 g/mol. The van der Waals surface area contributed by atoms with Crippen LogP contribution in [-0.2, 0) is 11.3 Å². The van der Waals surface area contributed by atoms with Crippen LogP contribution in [0.3, 0.4) is 0 Å². The predicted molar refractivity (Wildman–Crippen MR) is 69.6 cm³/mol. The van der Waals surface area contributed by atoms with Crippen molar-refractivity contribution in [1.29, 1.82) is 0 Å². The summed E-state index contributed by atoms with van der Waals surface area (Å²) in [6.07, 6.45) is 1.06. The lowest BCUT2D eigenvalue weighted by Crippen LogP contribution is -2.23. The normalized spacial score (nSPS) is 12.4. The van der Waals surface area contributed by atoms with Gasteiger partial charge in [-0.3, -0.25) is 4.98 Å². The van der Waals surface area contributed by atoms with Crippen LogP contribution in [0, 0.1) is 0 Å². The molecule has 1 aromatic rings. The Balaban J connectivity index is 2.30. The van der Waals surface area contributed by atoms with Gasteiger partial charge in [-0.1, -0.05) is 6.92 Å². The van der Waals surface area contributed by atoms with Gasteiger partial charge in [0, 0.05) is 13.2 Å². The number of pyridine rings is 1. The maximum atomic E-state index is 9.53. The standard InChI is InChI=1S/C13H22N2O3/c1-3-14-7-11-5-6-13(8-15-11)18-10-12(16)9-17-4-2/h5-6,8,12,14,16H,3-4,7,9-10H2,1-2H3. The van der Waals surface area contributed by atoms with Crippen LogP contribution in [0.25, 0.3) is 0 Å². The molecule has 0 spiro atoms. The molecule has 5 heteroatoms. The molecule has 1 heterocycles. The van der Waals surface area contributed by atoms with Crippen molar-refractivity contribution in [3.05, 3.63) is 24.0 Å². The zero-order valence-corrected chi connectivity index (χ0v) is 11.1. The highest BCUT2D eigenvalue weighted by atomic mass is 16.5. The number of aliphatic hydroxyl groups is 1. The molecule has 0 fully saturated rings. The number of hydrogen-bond donors (Lipinski definition) is 2. The molecule has 18 heavy (non-hydrogen) atoms. The van der Waals surface area contributed by atoms with Gasteiger partial charge >= 0.3 is 0 Å². The highest BCUT2D eigenvalue weighted by molar-refractivity contribution is 5.19. The first kappa shape index (κ1) is 14.9. The van der Waals surface area contributed by atoms with Crippen molar-refractivity contribution >= 4 is 0 Å². The summed E-state index contributed by atoms with van der Waals surface area (Å²) in [4.78, 5) is 4.26. The maximum absolute atomic E-state index is 9.53. The third-order valence-electron chi connectivity index (χ3n) is 2.31. The summed E-state index contributed by atoms with van der Waals surface area (Å²) in [5.74, 6) is 0.658. The van der Waals surface area contributed by atoms with Crippen molar-refractivity contribution in [2.24, 2.45) is 0 Å². The Morgan fingerprint density at radius 3 is 2.78 bits per heavy atom. The van der Waals surface area contributed by atoms with E-state index < -0.39 is 6.10 Å². The van der Waals surface area contributed by atoms with Gasteiger partial charge in [0.2, 0.25) is 0 Å². The molecule has 1 atom stereocenters. The third kappa shape index (κ3) is 5.95. The van der Waals surface area contributed by atoms with Gasteiger partial charge < -0.3 is 19.9 Å². The van der Waals surface area contributed by atoms with Crippen LogP contribution in [0.5, 0.6) is 5.75 Å². The van der Waals surface area contributed by atoms with Gasteiger partial charge in [0.25, 0.3) is 0 Å². The Bertz CT molecular complexity index is 317. The Labute approximate surface area is 108 Å². The minimum absolute atomic E-state index is 0.217. The van der Waals surface area contributed by atoms with Gasteiger partial charge in [-0.05, 0) is 25.6 Å². The summed E-state index contributed by atoms with van der Waals surface area (Å²) < 4.78 is 10.5. The molecule has 0 saturated heterocycles. The Hall–Kier alpha value is -1.17. The molecule has 1 unspecified atom stereocenters. The quantitative estimate of drug-likeness (QED) is 0.687. The summed E-state index contributed by atoms with van der Waals surface area (Å²) >= 11 is 0. The van der Waals surface area contributed by atoms with E-state index >= 15 is 0 Å². The van der Waals surface area contributed by atoms with E-state index in [9.17, 15) is 5.11 Å². The van der Waals surface area contributed by atoms with Crippen molar-refractivity contribution in [2.75, 3.05) is 26.4 Å². The summed E-state index contributed by atoms with van der Waals surface area (Å²) in [5, 5.41) is 12.7. The highest BCUT2D eigenvalue weighted by Crippen LogP contribution is 2.09. The molecule has 0 bridgehead atoms. The molecule has 0 aliphatic rings. The van der Waals surface area contributed by atoms with E-state index in [1.165, 1.54) is 0 Å². The summed E-state index contributed by atoms with van der Waals surface area (Å²) in [7, 11) is 0. The van der Waals surface area contributed by atoms with E-state index in [4.69, 9.17) is 9.47 Å². The lowest BCUT2D eigenvalue weighted by molar-refractivity contribution is 0.0164. The number of nitrogens with one attached hydrogen (secondary N) is 1. The van der Waals surface area contributed by atoms with Crippen LogP contribution in [-0.4, -0.2) is 42.6 Å². The van der Waals surface area contributed by atoms with Crippen molar-refractivity contribution in [3.8, 4) is 5.75 Å². The second-order valence-corrected chi connectivity index (χ2v) is 3.89. The van der Waals surface area contributed by atoms with Crippen molar-refractivity contribution in [3.63, 3.8) is 0 Å². The first-order chi connectivity index (χ1) is 8.76. The van der Waals surface area contributed by atoms with Crippen molar-refractivity contribution < 1.29 is 14.6 Å². The fraction of sp³-hybridized carbons (Fsp3) is 0.615. The summed E-state index contributed by atoms with van der Waals surface area (Å²) in [5.41, 5.74) is 0.971. The molecule has 2 N–H and O–H groups in total. The van der Waals surface area contributed by atoms with Gasteiger partial charge in [0.15, 0.2) is 0 Å². The fourth-order valence-electron chi connectivity index (χ4n) is 1.35. The van der Waals surface area contributed by atoms with E-state index in [0.717, 1.165) is 18.8 Å². The van der Waals surface area contributed by atoms with Crippen molar-refractivity contribution in [1.82, 2.24) is 10.3 Å². The molecular formula is C13H22N2O3. The topological polar surface area (TPSA) is 63.6 Å². The molecule has 0 aliphatic heterocycles. The van der Waals surface area contributed by atoms with Gasteiger partial charge in [-0.25, -0.2) is 0 Å². The predicted octanol–water partition coefficient (Wildman–Crippen LogP) is 0.967. The van der Waals surface area contributed by atoms with E-state index in [1.54, 1.807) is 6.20 Å². The molecule has 0 aliphatic carbocycles. The molecule has 0 radical (unpaired) electrons. The second kappa shape index (κ2) is 8.85. The summed E-state index contributed by atoms with van der Waals surface area (Å²) in [6, 6.07) is 3.76. The molecule has 0 saturated carbocycles. The zero-order valence-electron chi connectivity index (χ0n) is 11.1. The molecule has 102 valence electrons. The van der Waals surface area contributed by atoms with E-state index in [-0.39, 0.29) is 6.61 Å².